The molecule has 16 heavy (non-hydrogen) atoms. The van der Waals surface area contributed by atoms with Crippen LogP contribution >= 0.6 is 11.3 Å². The van der Waals surface area contributed by atoms with Crippen LogP contribution in [0.3, 0.4) is 0 Å². The van der Waals surface area contributed by atoms with Crippen LogP contribution in [0, 0.1) is 0 Å². The van der Waals surface area contributed by atoms with E-state index in [0.29, 0.717) is 17.1 Å². The van der Waals surface area contributed by atoms with Crippen LogP contribution in [0.5, 0.6) is 0 Å². The fourth-order valence-corrected chi connectivity index (χ4v) is 2.43. The number of hydrogen-bond acceptors (Lipinski definition) is 4. The summed E-state index contributed by atoms with van der Waals surface area (Å²) >= 11 is 1.44. The molecule has 0 unspecified atom stereocenters. The number of nitrogens with zero attached hydrogens (tertiary/aromatic N) is 1. The van der Waals surface area contributed by atoms with Crippen molar-refractivity contribution in [2.24, 2.45) is 0 Å². The van der Waals surface area contributed by atoms with E-state index in [0.717, 1.165) is 18.0 Å². The molecule has 0 radical (unpaired) electrons. The second kappa shape index (κ2) is 5.75. The number of hydrogen-bond donors (Lipinski definition) is 2. The molecular weight excluding hydrogens is 222 g/mol. The zero-order chi connectivity index (χ0) is 12.1. The quantitative estimate of drug-likeness (QED) is 0.828. The smallest absolute Gasteiger partial charge is 0.263 e. The van der Waals surface area contributed by atoms with Gasteiger partial charge in [-0.2, -0.15) is 0 Å². The van der Waals surface area contributed by atoms with Gasteiger partial charge in [-0.1, -0.05) is 6.92 Å². The van der Waals surface area contributed by atoms with E-state index in [4.69, 9.17) is 5.73 Å². The van der Waals surface area contributed by atoms with Gasteiger partial charge in [-0.15, -0.1) is 11.3 Å². The molecule has 0 aliphatic rings. The van der Waals surface area contributed by atoms with E-state index in [1.165, 1.54) is 11.3 Å². The lowest BCUT2D eigenvalue weighted by atomic mass is 10.3. The molecule has 0 aliphatic carbocycles. The Morgan fingerprint density at radius 1 is 1.56 bits per heavy atom. The standard InChI is InChI=1S/C11H19N3OS/c1-4-6-14(3)9-7-8(12)10(16-9)11(15)13-5-2/h7H,4-6,12H2,1-3H3,(H,13,15). The van der Waals surface area contributed by atoms with Crippen molar-refractivity contribution in [1.82, 2.24) is 5.32 Å². The van der Waals surface area contributed by atoms with Crippen LogP contribution in [0.25, 0.3) is 0 Å². The van der Waals surface area contributed by atoms with Crippen LogP contribution in [0.15, 0.2) is 6.07 Å². The van der Waals surface area contributed by atoms with Crippen molar-refractivity contribution in [3.05, 3.63) is 10.9 Å². The van der Waals surface area contributed by atoms with Gasteiger partial charge in [0.1, 0.15) is 4.88 Å². The van der Waals surface area contributed by atoms with E-state index < -0.39 is 0 Å². The van der Waals surface area contributed by atoms with Gasteiger partial charge >= 0.3 is 0 Å². The van der Waals surface area contributed by atoms with Crippen molar-refractivity contribution >= 4 is 27.9 Å². The average molecular weight is 241 g/mol. The molecule has 0 saturated carbocycles. The normalized spacial score (nSPS) is 10.2. The Morgan fingerprint density at radius 3 is 2.81 bits per heavy atom. The summed E-state index contributed by atoms with van der Waals surface area (Å²) in [6.45, 7) is 5.61. The highest BCUT2D eigenvalue weighted by molar-refractivity contribution is 7.18. The van der Waals surface area contributed by atoms with Crippen molar-refractivity contribution in [3.63, 3.8) is 0 Å². The fourth-order valence-electron chi connectivity index (χ4n) is 1.44. The number of nitrogen functional groups attached to an aromatic ring is 1. The van der Waals surface area contributed by atoms with Gasteiger partial charge in [-0.25, -0.2) is 0 Å². The molecule has 1 aromatic rings. The van der Waals surface area contributed by atoms with Crippen LogP contribution in [0.4, 0.5) is 10.7 Å². The Hall–Kier alpha value is -1.23. The van der Waals surface area contributed by atoms with E-state index in [2.05, 4.69) is 17.1 Å². The predicted octanol–water partition coefficient (Wildman–Crippen LogP) is 1.93. The maximum atomic E-state index is 11.7. The molecule has 0 atom stereocenters. The third-order valence-corrected chi connectivity index (χ3v) is 3.49. The Kier molecular flexibility index (Phi) is 4.61. The maximum absolute atomic E-state index is 11.7. The molecule has 0 aliphatic heterocycles. The van der Waals surface area contributed by atoms with Crippen molar-refractivity contribution in [1.29, 1.82) is 0 Å². The van der Waals surface area contributed by atoms with Crippen molar-refractivity contribution in [3.8, 4) is 0 Å². The van der Waals surface area contributed by atoms with Gasteiger partial charge in [0.2, 0.25) is 0 Å². The lowest BCUT2D eigenvalue weighted by Gasteiger charge is -2.14. The molecule has 1 heterocycles. The summed E-state index contributed by atoms with van der Waals surface area (Å²) in [6, 6.07) is 1.87. The van der Waals surface area contributed by atoms with Crippen molar-refractivity contribution < 1.29 is 4.79 Å². The molecule has 1 aromatic heterocycles. The zero-order valence-electron chi connectivity index (χ0n) is 10.0. The van der Waals surface area contributed by atoms with Crippen molar-refractivity contribution in [2.75, 3.05) is 30.8 Å². The third-order valence-electron chi connectivity index (χ3n) is 2.23. The fraction of sp³-hybridized carbons (Fsp3) is 0.545. The molecule has 0 saturated heterocycles. The molecule has 0 spiro atoms. The van der Waals surface area contributed by atoms with Gasteiger partial charge in [-0.05, 0) is 19.4 Å². The molecule has 3 N–H and O–H groups in total. The summed E-state index contributed by atoms with van der Waals surface area (Å²) < 4.78 is 0. The summed E-state index contributed by atoms with van der Waals surface area (Å²) in [5, 5.41) is 3.80. The summed E-state index contributed by atoms with van der Waals surface area (Å²) in [5.74, 6) is -0.0823. The molecule has 90 valence electrons. The molecule has 1 rings (SSSR count). The third kappa shape index (κ3) is 2.88. The number of thiophene rings is 1. The van der Waals surface area contributed by atoms with E-state index in [1.807, 2.05) is 20.0 Å². The van der Waals surface area contributed by atoms with Gasteiger partial charge in [0.15, 0.2) is 0 Å². The van der Waals surface area contributed by atoms with Crippen LogP contribution in [-0.4, -0.2) is 26.0 Å². The summed E-state index contributed by atoms with van der Waals surface area (Å²) in [6.07, 6.45) is 1.07. The summed E-state index contributed by atoms with van der Waals surface area (Å²) in [4.78, 5) is 14.4. The van der Waals surface area contributed by atoms with Crippen LogP contribution < -0.4 is 16.0 Å². The first-order valence-electron chi connectivity index (χ1n) is 5.48. The average Bonchev–Trinajstić information content (AvgIpc) is 2.61. The Balaban J connectivity index is 2.84. The number of rotatable bonds is 5. The van der Waals surface area contributed by atoms with E-state index in [-0.39, 0.29) is 5.91 Å². The molecule has 4 nitrogen and oxygen atoms in total. The molecule has 0 bridgehead atoms. The number of amides is 1. The predicted molar refractivity (Wildman–Crippen MR) is 70.3 cm³/mol. The van der Waals surface area contributed by atoms with Crippen LogP contribution in [0.2, 0.25) is 0 Å². The molecular formula is C11H19N3OS. The molecule has 0 aromatic carbocycles. The second-order valence-corrected chi connectivity index (χ2v) is 4.68. The number of nitrogens with two attached hydrogens (primary N) is 1. The number of carbonyl (C=O) groups excluding carboxylic acids is 1. The lowest BCUT2D eigenvalue weighted by Crippen LogP contribution is -2.22. The number of anilines is 2. The van der Waals surface area contributed by atoms with Gasteiger partial charge < -0.3 is 16.0 Å². The first kappa shape index (κ1) is 12.8. The molecule has 0 fully saturated rings. The number of carbonyl (C=O) groups is 1. The Bertz CT molecular complexity index is 362. The Labute approximate surface area is 100 Å². The van der Waals surface area contributed by atoms with Gasteiger partial charge in [0.05, 0.1) is 10.7 Å². The topological polar surface area (TPSA) is 58.4 Å². The second-order valence-electron chi connectivity index (χ2n) is 3.65. The zero-order valence-corrected chi connectivity index (χ0v) is 10.9. The number of nitrogens with one attached hydrogen (secondary N) is 1. The van der Waals surface area contributed by atoms with Crippen molar-refractivity contribution in [2.45, 2.75) is 20.3 Å². The van der Waals surface area contributed by atoms with E-state index in [1.54, 1.807) is 0 Å². The van der Waals surface area contributed by atoms with Crippen LogP contribution in [-0.2, 0) is 0 Å². The maximum Gasteiger partial charge on any atom is 0.263 e. The highest BCUT2D eigenvalue weighted by Crippen LogP contribution is 2.31. The summed E-state index contributed by atoms with van der Waals surface area (Å²) in [7, 11) is 2.01. The highest BCUT2D eigenvalue weighted by atomic mass is 32.1. The van der Waals surface area contributed by atoms with Gasteiger partial charge in [0, 0.05) is 20.1 Å². The SMILES string of the molecule is CCCN(C)c1cc(N)c(C(=O)NCC)s1. The van der Waals surface area contributed by atoms with E-state index >= 15 is 0 Å². The Morgan fingerprint density at radius 2 is 2.25 bits per heavy atom. The minimum Gasteiger partial charge on any atom is -0.397 e. The first-order chi connectivity index (χ1) is 7.60. The minimum atomic E-state index is -0.0823. The van der Waals surface area contributed by atoms with Gasteiger partial charge in [-0.3, -0.25) is 4.79 Å². The summed E-state index contributed by atoms with van der Waals surface area (Å²) in [5.41, 5.74) is 6.39. The minimum absolute atomic E-state index is 0.0823. The largest absolute Gasteiger partial charge is 0.397 e. The molecule has 5 heteroatoms. The first-order valence-corrected chi connectivity index (χ1v) is 6.30. The highest BCUT2D eigenvalue weighted by Gasteiger charge is 2.15. The van der Waals surface area contributed by atoms with E-state index in [9.17, 15) is 4.79 Å². The monoisotopic (exact) mass is 241 g/mol. The lowest BCUT2D eigenvalue weighted by molar-refractivity contribution is 0.0960. The van der Waals surface area contributed by atoms with Gasteiger partial charge in [0.25, 0.3) is 5.91 Å². The van der Waals surface area contributed by atoms with Crippen LogP contribution in [0.1, 0.15) is 29.9 Å². The molecule has 1 amide bonds.